The molecule has 0 aromatic carbocycles. The van der Waals surface area contributed by atoms with Gasteiger partial charge in [0, 0.05) is 6.42 Å². The number of fused-ring (bicyclic) bond motifs is 3. The van der Waals surface area contributed by atoms with Crippen molar-refractivity contribution >= 4 is 14.1 Å². The molecule has 0 aliphatic heterocycles. The molecule has 3 aliphatic carbocycles. The lowest BCUT2D eigenvalue weighted by atomic mass is 9.59. The van der Waals surface area contributed by atoms with E-state index in [0.717, 1.165) is 25.2 Å². The predicted octanol–water partition coefficient (Wildman–Crippen LogP) is 5.49. The molecule has 130 valence electrons. The molecule has 0 radical (unpaired) electrons. The molecule has 0 aromatic rings. The van der Waals surface area contributed by atoms with Gasteiger partial charge < -0.3 is 4.43 Å². The van der Waals surface area contributed by atoms with Gasteiger partial charge in [0.2, 0.25) is 0 Å². The number of rotatable bonds is 2. The Balaban J connectivity index is 1.81. The highest BCUT2D eigenvalue weighted by molar-refractivity contribution is 6.74. The molecule has 1 unspecified atom stereocenters. The van der Waals surface area contributed by atoms with Crippen molar-refractivity contribution in [3.05, 3.63) is 11.6 Å². The van der Waals surface area contributed by atoms with Crippen LogP contribution in [0.4, 0.5) is 0 Å². The van der Waals surface area contributed by atoms with Gasteiger partial charge in [-0.3, -0.25) is 4.79 Å². The van der Waals surface area contributed by atoms with Crippen LogP contribution in [0.5, 0.6) is 0 Å². The van der Waals surface area contributed by atoms with E-state index in [1.54, 1.807) is 0 Å². The van der Waals surface area contributed by atoms with Gasteiger partial charge in [-0.15, -0.1) is 0 Å². The van der Waals surface area contributed by atoms with Crippen LogP contribution in [0.3, 0.4) is 0 Å². The number of hydrogen-bond donors (Lipinski definition) is 0. The van der Waals surface area contributed by atoms with Crippen LogP contribution in [0.2, 0.25) is 18.1 Å². The molecule has 2 fully saturated rings. The minimum absolute atomic E-state index is 0.276. The van der Waals surface area contributed by atoms with Crippen LogP contribution in [0.15, 0.2) is 11.6 Å². The van der Waals surface area contributed by atoms with Gasteiger partial charge in [0.1, 0.15) is 0 Å². The molecule has 4 atom stereocenters. The molecule has 0 bridgehead atoms. The van der Waals surface area contributed by atoms with E-state index in [4.69, 9.17) is 4.43 Å². The van der Waals surface area contributed by atoms with E-state index in [9.17, 15) is 4.79 Å². The van der Waals surface area contributed by atoms with Crippen LogP contribution < -0.4 is 0 Å². The zero-order chi connectivity index (χ0) is 17.0. The quantitative estimate of drug-likeness (QED) is 0.624. The first kappa shape index (κ1) is 17.4. The summed E-state index contributed by atoms with van der Waals surface area (Å²) in [6.07, 6.45) is 9.06. The normalized spacial score (nSPS) is 38.1. The van der Waals surface area contributed by atoms with Gasteiger partial charge in [-0.25, -0.2) is 0 Å². The molecule has 3 rings (SSSR count). The summed E-state index contributed by atoms with van der Waals surface area (Å²) in [4.78, 5) is 11.8. The third-order valence-electron chi connectivity index (χ3n) is 7.53. The molecule has 0 N–H and O–H groups in total. The molecule has 0 spiro atoms. The summed E-state index contributed by atoms with van der Waals surface area (Å²) >= 11 is 0. The van der Waals surface area contributed by atoms with Crippen LogP contribution >= 0.6 is 0 Å². The van der Waals surface area contributed by atoms with Gasteiger partial charge in [0.15, 0.2) is 14.1 Å². The number of hydrogen-bond acceptors (Lipinski definition) is 2. The minimum Gasteiger partial charge on any atom is -0.413 e. The fourth-order valence-corrected chi connectivity index (χ4v) is 6.41. The second-order valence-electron chi connectivity index (χ2n) is 9.89. The second kappa shape index (κ2) is 5.55. The Morgan fingerprint density at radius 1 is 1.17 bits per heavy atom. The van der Waals surface area contributed by atoms with Gasteiger partial charge in [0.05, 0.1) is 6.10 Å². The monoisotopic (exact) mass is 334 g/mol. The summed E-state index contributed by atoms with van der Waals surface area (Å²) in [6.45, 7) is 14.3. The standard InChI is InChI=1S/C20H34O2Si/c1-19(2,3)23(5,6)22-18-10-9-17-16-8-7-15(21)13-14(16)11-12-20(17,18)4/h13,16-18H,7-12H2,1-6H3/t16?,17-,18-,20-/m0/s1. The number of carbonyl (C=O) groups is 1. The Morgan fingerprint density at radius 3 is 2.52 bits per heavy atom. The Hall–Kier alpha value is -0.413. The van der Waals surface area contributed by atoms with Crippen molar-refractivity contribution in [3.63, 3.8) is 0 Å². The Morgan fingerprint density at radius 2 is 1.87 bits per heavy atom. The first-order valence-corrected chi connectivity index (χ1v) is 12.4. The molecule has 2 nitrogen and oxygen atoms in total. The Bertz CT molecular complexity index is 528. The van der Waals surface area contributed by atoms with Crippen molar-refractivity contribution in [1.29, 1.82) is 0 Å². The zero-order valence-corrected chi connectivity index (χ0v) is 16.9. The van der Waals surface area contributed by atoms with Crippen molar-refractivity contribution in [2.75, 3.05) is 0 Å². The molecule has 3 aliphatic rings. The summed E-state index contributed by atoms with van der Waals surface area (Å²) in [5.41, 5.74) is 1.77. The van der Waals surface area contributed by atoms with Gasteiger partial charge in [0.25, 0.3) is 0 Å². The van der Waals surface area contributed by atoms with E-state index < -0.39 is 8.32 Å². The van der Waals surface area contributed by atoms with E-state index in [1.807, 2.05) is 6.08 Å². The molecule has 0 saturated heterocycles. The highest BCUT2D eigenvalue weighted by atomic mass is 28.4. The lowest BCUT2D eigenvalue weighted by Crippen LogP contribution is -2.49. The van der Waals surface area contributed by atoms with Crippen LogP contribution in [-0.2, 0) is 9.22 Å². The summed E-state index contributed by atoms with van der Waals surface area (Å²) in [6, 6.07) is 0. The second-order valence-corrected chi connectivity index (χ2v) is 14.6. The largest absolute Gasteiger partial charge is 0.413 e. The maximum Gasteiger partial charge on any atom is 0.192 e. The van der Waals surface area contributed by atoms with Gasteiger partial charge >= 0.3 is 0 Å². The highest BCUT2D eigenvalue weighted by Crippen LogP contribution is 2.59. The third kappa shape index (κ3) is 2.88. The first-order valence-electron chi connectivity index (χ1n) is 9.46. The number of carbonyl (C=O) groups excluding carboxylic acids is 1. The Kier molecular flexibility index (Phi) is 4.20. The molecular formula is C20H34O2Si. The summed E-state index contributed by atoms with van der Waals surface area (Å²) in [5, 5.41) is 0.276. The Labute approximate surface area is 143 Å². The molecule has 0 amide bonds. The van der Waals surface area contributed by atoms with E-state index in [2.05, 4.69) is 40.8 Å². The average Bonchev–Trinajstić information content (AvgIpc) is 2.74. The van der Waals surface area contributed by atoms with Crippen LogP contribution in [0, 0.1) is 17.3 Å². The molecular weight excluding hydrogens is 300 g/mol. The zero-order valence-electron chi connectivity index (χ0n) is 15.9. The van der Waals surface area contributed by atoms with Crippen molar-refractivity contribution in [3.8, 4) is 0 Å². The lowest BCUT2D eigenvalue weighted by Gasteiger charge is -2.49. The fourth-order valence-electron chi connectivity index (χ4n) is 4.96. The molecule has 23 heavy (non-hydrogen) atoms. The topological polar surface area (TPSA) is 26.3 Å². The van der Waals surface area contributed by atoms with E-state index >= 15 is 0 Å². The van der Waals surface area contributed by atoms with Crippen molar-refractivity contribution < 1.29 is 9.22 Å². The fraction of sp³-hybridized carbons (Fsp3) is 0.850. The third-order valence-corrected chi connectivity index (χ3v) is 12.0. The van der Waals surface area contributed by atoms with Crippen molar-refractivity contribution in [2.24, 2.45) is 17.3 Å². The van der Waals surface area contributed by atoms with Crippen LogP contribution in [-0.4, -0.2) is 20.2 Å². The molecule has 0 heterocycles. The first-order chi connectivity index (χ1) is 10.5. The van der Waals surface area contributed by atoms with E-state index in [1.165, 1.54) is 24.8 Å². The van der Waals surface area contributed by atoms with Crippen LogP contribution in [0.25, 0.3) is 0 Å². The average molecular weight is 335 g/mol. The molecule has 3 heteroatoms. The maximum atomic E-state index is 11.8. The molecule has 2 saturated carbocycles. The van der Waals surface area contributed by atoms with Crippen molar-refractivity contribution in [1.82, 2.24) is 0 Å². The van der Waals surface area contributed by atoms with Gasteiger partial charge in [-0.05, 0) is 73.6 Å². The van der Waals surface area contributed by atoms with Gasteiger partial charge in [-0.2, -0.15) is 0 Å². The van der Waals surface area contributed by atoms with Crippen LogP contribution in [0.1, 0.15) is 66.2 Å². The van der Waals surface area contributed by atoms with E-state index in [-0.39, 0.29) is 5.04 Å². The number of ketones is 1. The summed E-state index contributed by atoms with van der Waals surface area (Å²) in [5.74, 6) is 1.73. The summed E-state index contributed by atoms with van der Waals surface area (Å²) < 4.78 is 6.89. The van der Waals surface area contributed by atoms with Gasteiger partial charge in [-0.1, -0.05) is 33.3 Å². The maximum absolute atomic E-state index is 11.8. The predicted molar refractivity (Wildman–Crippen MR) is 97.9 cm³/mol. The molecule has 0 aromatic heterocycles. The minimum atomic E-state index is -1.72. The lowest BCUT2D eigenvalue weighted by molar-refractivity contribution is -0.115. The highest BCUT2D eigenvalue weighted by Gasteiger charge is 2.55. The number of allylic oxidation sites excluding steroid dienone is 2. The van der Waals surface area contributed by atoms with Crippen molar-refractivity contribution in [2.45, 2.75) is 90.5 Å². The SMILES string of the molecule is CC(C)(C)[Si](C)(C)O[C@H]1CC[C@H]2C3CCC(=O)C=C3CC[C@]12C. The summed E-state index contributed by atoms with van der Waals surface area (Å²) in [7, 11) is -1.72. The van der Waals surface area contributed by atoms with E-state index in [0.29, 0.717) is 23.2 Å². The smallest absolute Gasteiger partial charge is 0.192 e.